The molecule has 20 heavy (non-hydrogen) atoms. The number of carbonyl (C=O) groups is 1. The van der Waals surface area contributed by atoms with Crippen LogP contribution in [0.3, 0.4) is 0 Å². The average molecular weight is 276 g/mol. The van der Waals surface area contributed by atoms with Crippen LogP contribution in [0.15, 0.2) is 24.3 Å². The fourth-order valence-electron chi connectivity index (χ4n) is 2.52. The largest absolute Gasteiger partial charge is 0.380 e. The zero-order valence-corrected chi connectivity index (χ0v) is 12.4. The molecule has 0 bridgehead atoms. The van der Waals surface area contributed by atoms with Crippen molar-refractivity contribution < 1.29 is 9.53 Å². The molecule has 0 aromatic heterocycles. The molecule has 2 N–H and O–H groups in total. The molecule has 1 heterocycles. The number of nitrogens with one attached hydrogen (secondary N) is 2. The molecule has 1 aliphatic heterocycles. The van der Waals surface area contributed by atoms with E-state index >= 15 is 0 Å². The molecule has 1 aliphatic rings. The Morgan fingerprint density at radius 1 is 1.30 bits per heavy atom. The van der Waals surface area contributed by atoms with E-state index in [1.54, 1.807) is 7.11 Å². The van der Waals surface area contributed by atoms with Crippen molar-refractivity contribution in [3.63, 3.8) is 0 Å². The Balaban J connectivity index is 1.87. The predicted octanol–water partition coefficient (Wildman–Crippen LogP) is 1.95. The number of carbonyl (C=O) groups excluding carboxylic acids is 1. The van der Waals surface area contributed by atoms with Gasteiger partial charge in [-0.15, -0.1) is 0 Å². The van der Waals surface area contributed by atoms with Crippen molar-refractivity contribution in [2.75, 3.05) is 26.7 Å². The molecule has 1 fully saturated rings. The molecule has 4 nitrogen and oxygen atoms in total. The van der Waals surface area contributed by atoms with Gasteiger partial charge in [0.2, 0.25) is 0 Å². The van der Waals surface area contributed by atoms with E-state index in [0.29, 0.717) is 12.2 Å². The van der Waals surface area contributed by atoms with Crippen molar-refractivity contribution in [1.29, 1.82) is 0 Å². The highest BCUT2D eigenvalue weighted by molar-refractivity contribution is 5.94. The fraction of sp³-hybridized carbons (Fsp3) is 0.562. The molecule has 1 aromatic carbocycles. The van der Waals surface area contributed by atoms with Gasteiger partial charge in [-0.3, -0.25) is 4.79 Å². The molecule has 110 valence electrons. The number of ether oxygens (including phenoxy) is 1. The van der Waals surface area contributed by atoms with Gasteiger partial charge in [0.15, 0.2) is 0 Å². The van der Waals surface area contributed by atoms with Crippen LogP contribution in [-0.2, 0) is 11.3 Å². The topological polar surface area (TPSA) is 50.4 Å². The van der Waals surface area contributed by atoms with Crippen molar-refractivity contribution in [2.45, 2.75) is 26.4 Å². The molecule has 1 aromatic rings. The normalized spacial score (nSPS) is 17.7. The van der Waals surface area contributed by atoms with Gasteiger partial charge in [-0.05, 0) is 49.0 Å². The zero-order valence-electron chi connectivity index (χ0n) is 12.4. The van der Waals surface area contributed by atoms with Gasteiger partial charge >= 0.3 is 0 Å². The number of piperidine rings is 1. The lowest BCUT2D eigenvalue weighted by Crippen LogP contribution is -2.42. The number of rotatable bonds is 5. The monoisotopic (exact) mass is 276 g/mol. The lowest BCUT2D eigenvalue weighted by molar-refractivity contribution is 0.0922. The van der Waals surface area contributed by atoms with Crippen molar-refractivity contribution in [3.8, 4) is 0 Å². The van der Waals surface area contributed by atoms with Crippen LogP contribution in [0.4, 0.5) is 0 Å². The van der Waals surface area contributed by atoms with Gasteiger partial charge in [-0.1, -0.05) is 19.1 Å². The van der Waals surface area contributed by atoms with Crippen LogP contribution < -0.4 is 10.6 Å². The fourth-order valence-corrected chi connectivity index (χ4v) is 2.52. The Kier molecular flexibility index (Phi) is 5.15. The van der Waals surface area contributed by atoms with Gasteiger partial charge in [0.1, 0.15) is 0 Å². The molecule has 0 saturated carbocycles. The molecule has 0 unspecified atom stereocenters. The Morgan fingerprint density at radius 2 is 1.95 bits per heavy atom. The summed E-state index contributed by atoms with van der Waals surface area (Å²) < 4.78 is 5.06. The van der Waals surface area contributed by atoms with Crippen LogP contribution in [0.5, 0.6) is 0 Å². The first kappa shape index (κ1) is 15.0. The smallest absolute Gasteiger partial charge is 0.251 e. The van der Waals surface area contributed by atoms with Crippen molar-refractivity contribution in [1.82, 2.24) is 10.6 Å². The molecular weight excluding hydrogens is 252 g/mol. The predicted molar refractivity (Wildman–Crippen MR) is 79.7 cm³/mol. The van der Waals surface area contributed by atoms with E-state index in [2.05, 4.69) is 17.6 Å². The minimum atomic E-state index is 0.00808. The second-order valence-electron chi connectivity index (χ2n) is 5.87. The maximum Gasteiger partial charge on any atom is 0.251 e. The number of benzene rings is 1. The third-order valence-electron chi connectivity index (χ3n) is 4.01. The third kappa shape index (κ3) is 4.05. The van der Waals surface area contributed by atoms with Gasteiger partial charge in [-0.25, -0.2) is 0 Å². The summed E-state index contributed by atoms with van der Waals surface area (Å²) in [5, 5.41) is 6.42. The lowest BCUT2D eigenvalue weighted by Gasteiger charge is -2.34. The standard InChI is InChI=1S/C16H24N2O2/c1-16(7-9-17-10-8-16)12-18-15(19)14-5-3-13(4-6-14)11-20-2/h3-6,17H,7-12H2,1-2H3,(H,18,19). The zero-order chi connectivity index (χ0) is 14.4. The van der Waals surface area contributed by atoms with E-state index in [0.717, 1.165) is 38.0 Å². The summed E-state index contributed by atoms with van der Waals surface area (Å²) in [5.74, 6) is 0.00808. The molecule has 1 saturated heterocycles. The van der Waals surface area contributed by atoms with E-state index < -0.39 is 0 Å². The SMILES string of the molecule is COCc1ccc(C(=O)NCC2(C)CCNCC2)cc1. The van der Waals surface area contributed by atoms with Gasteiger partial charge in [0.25, 0.3) is 5.91 Å². The summed E-state index contributed by atoms with van der Waals surface area (Å²) in [4.78, 5) is 12.1. The van der Waals surface area contributed by atoms with Crippen LogP contribution in [0.2, 0.25) is 0 Å². The van der Waals surface area contributed by atoms with Gasteiger partial charge in [0, 0.05) is 19.2 Å². The molecule has 0 spiro atoms. The number of hydrogen-bond donors (Lipinski definition) is 2. The number of methoxy groups -OCH3 is 1. The van der Waals surface area contributed by atoms with E-state index in [9.17, 15) is 4.79 Å². The van der Waals surface area contributed by atoms with Crippen LogP contribution in [0, 0.1) is 5.41 Å². The third-order valence-corrected chi connectivity index (χ3v) is 4.01. The first-order valence-corrected chi connectivity index (χ1v) is 7.20. The first-order chi connectivity index (χ1) is 9.63. The van der Waals surface area contributed by atoms with E-state index in [-0.39, 0.29) is 11.3 Å². The molecule has 0 aliphatic carbocycles. The average Bonchev–Trinajstić information content (AvgIpc) is 2.47. The van der Waals surface area contributed by atoms with E-state index in [1.807, 2.05) is 24.3 Å². The molecule has 0 atom stereocenters. The molecule has 2 rings (SSSR count). The minimum Gasteiger partial charge on any atom is -0.380 e. The van der Waals surface area contributed by atoms with Crippen molar-refractivity contribution in [3.05, 3.63) is 35.4 Å². The van der Waals surface area contributed by atoms with Crippen molar-refractivity contribution in [2.24, 2.45) is 5.41 Å². The van der Waals surface area contributed by atoms with Crippen LogP contribution in [0.1, 0.15) is 35.7 Å². The van der Waals surface area contributed by atoms with E-state index in [4.69, 9.17) is 4.74 Å². The summed E-state index contributed by atoms with van der Waals surface area (Å²) in [6, 6.07) is 7.58. The Bertz CT molecular complexity index is 436. The summed E-state index contributed by atoms with van der Waals surface area (Å²) in [6.07, 6.45) is 2.22. The van der Waals surface area contributed by atoms with Gasteiger partial charge in [-0.2, -0.15) is 0 Å². The number of amides is 1. The maximum atomic E-state index is 12.1. The highest BCUT2D eigenvalue weighted by Crippen LogP contribution is 2.26. The molecular formula is C16H24N2O2. The summed E-state index contributed by atoms with van der Waals surface area (Å²) in [6.45, 7) is 5.65. The van der Waals surface area contributed by atoms with Gasteiger partial charge in [0.05, 0.1) is 6.61 Å². The Morgan fingerprint density at radius 3 is 2.55 bits per heavy atom. The maximum absolute atomic E-state index is 12.1. The highest BCUT2D eigenvalue weighted by atomic mass is 16.5. The first-order valence-electron chi connectivity index (χ1n) is 7.20. The van der Waals surface area contributed by atoms with Crippen molar-refractivity contribution >= 4 is 5.91 Å². The second kappa shape index (κ2) is 6.86. The molecule has 1 amide bonds. The Labute approximate surface area is 120 Å². The highest BCUT2D eigenvalue weighted by Gasteiger charge is 2.27. The molecule has 4 heteroatoms. The summed E-state index contributed by atoms with van der Waals surface area (Å²) in [7, 11) is 1.67. The lowest BCUT2D eigenvalue weighted by atomic mass is 9.81. The van der Waals surface area contributed by atoms with Gasteiger partial charge < -0.3 is 15.4 Å². The van der Waals surface area contributed by atoms with E-state index in [1.165, 1.54) is 0 Å². The van der Waals surface area contributed by atoms with Crippen LogP contribution in [-0.4, -0.2) is 32.7 Å². The van der Waals surface area contributed by atoms with Crippen LogP contribution >= 0.6 is 0 Å². The Hall–Kier alpha value is -1.39. The minimum absolute atomic E-state index is 0.00808. The molecule has 0 radical (unpaired) electrons. The summed E-state index contributed by atoms with van der Waals surface area (Å²) >= 11 is 0. The summed E-state index contributed by atoms with van der Waals surface area (Å²) in [5.41, 5.74) is 2.01. The quantitative estimate of drug-likeness (QED) is 0.864. The number of hydrogen-bond acceptors (Lipinski definition) is 3. The second-order valence-corrected chi connectivity index (χ2v) is 5.87. The van der Waals surface area contributed by atoms with Crippen LogP contribution in [0.25, 0.3) is 0 Å².